The van der Waals surface area contributed by atoms with Gasteiger partial charge in [-0.1, -0.05) is 59.1 Å². The van der Waals surface area contributed by atoms with Crippen LogP contribution in [0.25, 0.3) is 20.4 Å². The molecule has 2 aromatic heterocycles. The van der Waals surface area contributed by atoms with Gasteiger partial charge in [0.15, 0.2) is 10.3 Å². The van der Waals surface area contributed by atoms with E-state index in [0.29, 0.717) is 0 Å². The first-order valence-electron chi connectivity index (χ1n) is 8.60. The summed E-state index contributed by atoms with van der Waals surface area (Å²) in [4.78, 5) is 14.0. The van der Waals surface area contributed by atoms with E-state index in [1.54, 1.807) is 22.7 Å². The van der Waals surface area contributed by atoms with Crippen molar-refractivity contribution in [3.05, 3.63) is 72.8 Å². The lowest BCUT2D eigenvalue weighted by Crippen LogP contribution is -2.28. The van der Waals surface area contributed by atoms with Crippen molar-refractivity contribution in [3.8, 4) is 0 Å². The quantitative estimate of drug-likeness (QED) is 0.365. The zero-order valence-corrected chi connectivity index (χ0v) is 15.7. The summed E-state index contributed by atoms with van der Waals surface area (Å²) in [7, 11) is 2.10. The van der Waals surface area contributed by atoms with Crippen molar-refractivity contribution in [2.75, 3.05) is 9.62 Å². The predicted octanol–water partition coefficient (Wildman–Crippen LogP) is 5.73. The molecule has 7 heteroatoms. The molecule has 0 N–H and O–H groups in total. The van der Waals surface area contributed by atoms with Gasteiger partial charge in [-0.2, -0.15) is 0 Å². The first-order valence-corrected chi connectivity index (χ1v) is 10.2. The summed E-state index contributed by atoms with van der Waals surface area (Å²) in [6, 6.07) is 24.9. The number of aromatic nitrogens is 2. The molecule has 1 aliphatic heterocycles. The second-order valence-electron chi connectivity index (χ2n) is 6.27. The molecule has 0 saturated heterocycles. The molecular formula is C20H12BN4S2. The van der Waals surface area contributed by atoms with Crippen molar-refractivity contribution >= 4 is 72.3 Å². The van der Waals surface area contributed by atoms with Gasteiger partial charge < -0.3 is 9.62 Å². The lowest BCUT2D eigenvalue weighted by Gasteiger charge is -2.14. The topological polar surface area (TPSA) is 32.3 Å². The summed E-state index contributed by atoms with van der Waals surface area (Å²) < 4.78 is 2.38. The lowest BCUT2D eigenvalue weighted by molar-refractivity contribution is 1.35. The molecule has 6 rings (SSSR count). The Morgan fingerprint density at radius 3 is 1.52 bits per heavy atom. The smallest absolute Gasteiger partial charge is 0.342 e. The van der Waals surface area contributed by atoms with Gasteiger partial charge in [-0.3, -0.25) is 0 Å². The van der Waals surface area contributed by atoms with Crippen LogP contribution in [0.1, 0.15) is 0 Å². The number of thiazole rings is 2. The molecule has 0 amide bonds. The van der Waals surface area contributed by atoms with Crippen LogP contribution in [-0.4, -0.2) is 17.5 Å². The van der Waals surface area contributed by atoms with Gasteiger partial charge in [0, 0.05) is 0 Å². The fraction of sp³-hybridized carbons (Fsp3) is 0. The Bertz CT molecular complexity index is 1130. The molecular weight excluding hydrogens is 371 g/mol. The third kappa shape index (κ3) is 2.36. The summed E-state index contributed by atoms with van der Waals surface area (Å²) in [5.41, 5.74) is 4.30. The Balaban J connectivity index is 1.48. The Kier molecular flexibility index (Phi) is 3.27. The predicted molar refractivity (Wildman–Crippen MR) is 116 cm³/mol. The van der Waals surface area contributed by atoms with Gasteiger partial charge in [-0.05, 0) is 36.4 Å². The molecule has 0 atom stereocenters. The average Bonchev–Trinajstić information content (AvgIpc) is 3.41. The van der Waals surface area contributed by atoms with Crippen LogP contribution in [0.4, 0.5) is 21.6 Å². The number of para-hydroxylation sites is 4. The number of rotatable bonds is 2. The van der Waals surface area contributed by atoms with E-state index in [-0.39, 0.29) is 0 Å². The van der Waals surface area contributed by atoms with Gasteiger partial charge >= 0.3 is 7.55 Å². The highest BCUT2D eigenvalue weighted by atomic mass is 32.1. The molecule has 3 aromatic carbocycles. The van der Waals surface area contributed by atoms with Crippen LogP contribution in [0, 0.1) is 0 Å². The number of hydrogen-bond donors (Lipinski definition) is 0. The molecule has 1 radical (unpaired) electrons. The molecule has 5 aromatic rings. The van der Waals surface area contributed by atoms with Crippen LogP contribution in [0.15, 0.2) is 72.8 Å². The van der Waals surface area contributed by atoms with Crippen LogP contribution >= 0.6 is 22.7 Å². The molecule has 4 nitrogen and oxygen atoms in total. The molecule has 27 heavy (non-hydrogen) atoms. The van der Waals surface area contributed by atoms with E-state index in [0.717, 1.165) is 32.7 Å². The second kappa shape index (κ2) is 5.80. The maximum atomic E-state index is 4.83. The molecule has 0 spiro atoms. The fourth-order valence-electron chi connectivity index (χ4n) is 3.34. The summed E-state index contributed by atoms with van der Waals surface area (Å²) in [5, 5.41) is 1.93. The van der Waals surface area contributed by atoms with E-state index in [2.05, 4.69) is 77.8 Å². The number of anilines is 4. The van der Waals surface area contributed by atoms with E-state index >= 15 is 0 Å². The number of hydrogen-bond acceptors (Lipinski definition) is 6. The van der Waals surface area contributed by atoms with Crippen LogP contribution in [0.3, 0.4) is 0 Å². The van der Waals surface area contributed by atoms with Crippen LogP contribution in [0.2, 0.25) is 0 Å². The number of fused-ring (bicyclic) bond motifs is 3. The van der Waals surface area contributed by atoms with Crippen molar-refractivity contribution in [2.24, 2.45) is 0 Å². The minimum absolute atomic E-state index is 0.965. The molecule has 3 heterocycles. The van der Waals surface area contributed by atoms with Gasteiger partial charge in [0.1, 0.15) is 0 Å². The Labute approximate surface area is 164 Å². The monoisotopic (exact) mass is 383 g/mol. The number of nitrogens with zero attached hydrogens (tertiary/aromatic N) is 4. The minimum atomic E-state index is 0.965. The normalized spacial score (nSPS) is 13.3. The first-order chi connectivity index (χ1) is 13.4. The molecule has 1 aliphatic rings. The summed E-state index contributed by atoms with van der Waals surface area (Å²) in [6.07, 6.45) is 0. The van der Waals surface area contributed by atoms with Crippen molar-refractivity contribution in [2.45, 2.75) is 0 Å². The Morgan fingerprint density at radius 2 is 1.04 bits per heavy atom. The van der Waals surface area contributed by atoms with E-state index in [9.17, 15) is 0 Å². The zero-order valence-electron chi connectivity index (χ0n) is 14.1. The van der Waals surface area contributed by atoms with Crippen molar-refractivity contribution in [1.82, 2.24) is 9.97 Å². The molecule has 0 saturated carbocycles. The minimum Gasteiger partial charge on any atom is -0.342 e. The van der Waals surface area contributed by atoms with Crippen molar-refractivity contribution < 1.29 is 0 Å². The Morgan fingerprint density at radius 1 is 0.593 bits per heavy atom. The summed E-state index contributed by atoms with van der Waals surface area (Å²) in [5.74, 6) is 0. The largest absolute Gasteiger partial charge is 0.405 e. The highest BCUT2D eigenvalue weighted by molar-refractivity contribution is 7.23. The lowest BCUT2D eigenvalue weighted by atomic mass is 10.1. The van der Waals surface area contributed by atoms with E-state index in [4.69, 9.17) is 9.97 Å². The third-order valence-electron chi connectivity index (χ3n) is 4.61. The van der Waals surface area contributed by atoms with Gasteiger partial charge in [0.2, 0.25) is 0 Å². The first kappa shape index (κ1) is 15.2. The Hall–Kier alpha value is -2.90. The fourth-order valence-corrected chi connectivity index (χ4v) is 5.24. The maximum Gasteiger partial charge on any atom is 0.405 e. The van der Waals surface area contributed by atoms with Gasteiger partial charge in [0.05, 0.1) is 31.8 Å². The van der Waals surface area contributed by atoms with Crippen LogP contribution < -0.4 is 9.62 Å². The SMILES string of the molecule is [B]1N(c2nc3ccccc3s2)c2ccccc2N1c1nc2ccccc2s1. The van der Waals surface area contributed by atoms with Gasteiger partial charge in [-0.25, -0.2) is 9.97 Å². The van der Waals surface area contributed by atoms with Crippen LogP contribution in [-0.2, 0) is 0 Å². The van der Waals surface area contributed by atoms with Crippen molar-refractivity contribution in [1.29, 1.82) is 0 Å². The second-order valence-corrected chi connectivity index (χ2v) is 8.29. The van der Waals surface area contributed by atoms with E-state index in [1.807, 2.05) is 12.1 Å². The zero-order chi connectivity index (χ0) is 17.8. The van der Waals surface area contributed by atoms with Gasteiger partial charge in [-0.15, -0.1) is 0 Å². The molecule has 0 aliphatic carbocycles. The van der Waals surface area contributed by atoms with Gasteiger partial charge in [0.25, 0.3) is 0 Å². The summed E-state index contributed by atoms with van der Waals surface area (Å²) >= 11 is 3.40. The average molecular weight is 383 g/mol. The highest BCUT2D eigenvalue weighted by Gasteiger charge is 2.33. The number of benzene rings is 3. The molecule has 0 bridgehead atoms. The molecule has 0 unspecified atom stereocenters. The van der Waals surface area contributed by atoms with E-state index in [1.165, 1.54) is 9.40 Å². The van der Waals surface area contributed by atoms with E-state index < -0.39 is 0 Å². The standard InChI is InChI=1S/C20H12BN4S2/c1-5-11-17-13(7-1)22-19(26-17)24-15-9-3-4-10-16(15)25(21-24)20-23-14-8-2-6-12-18(14)27-20/h1-12H. The molecule has 127 valence electrons. The molecule has 0 fully saturated rings. The van der Waals surface area contributed by atoms with Crippen LogP contribution in [0.5, 0.6) is 0 Å². The summed E-state index contributed by atoms with van der Waals surface area (Å²) in [6.45, 7) is 0. The highest BCUT2D eigenvalue weighted by Crippen LogP contribution is 2.46. The van der Waals surface area contributed by atoms with Crippen molar-refractivity contribution in [3.63, 3.8) is 0 Å². The third-order valence-corrected chi connectivity index (χ3v) is 6.68. The maximum absolute atomic E-state index is 4.83.